The third-order valence-corrected chi connectivity index (χ3v) is 4.88. The number of hydrogen-bond donors (Lipinski definition) is 1. The van der Waals surface area contributed by atoms with E-state index in [9.17, 15) is 10.1 Å². The van der Waals surface area contributed by atoms with Crippen molar-refractivity contribution in [3.63, 3.8) is 0 Å². The van der Waals surface area contributed by atoms with Gasteiger partial charge in [-0.2, -0.15) is 5.26 Å². The van der Waals surface area contributed by atoms with E-state index >= 15 is 0 Å². The van der Waals surface area contributed by atoms with Crippen molar-refractivity contribution in [2.45, 2.75) is 17.7 Å². The first-order valence-corrected chi connectivity index (χ1v) is 9.36. The Bertz CT molecular complexity index is 854. The van der Waals surface area contributed by atoms with Crippen LogP contribution in [-0.2, 0) is 11.2 Å². The standard InChI is InChI=1S/C20H19N3OS/c1-25-18-9-4-8-17(12-18)22-14-16(13-21)20(24)23-11-5-7-15-6-2-3-10-19(15)23/h2-4,6,8-10,12,14,22H,5,7,11H2,1H3/b16-14-. The van der Waals surface area contributed by atoms with Crippen molar-refractivity contribution < 1.29 is 4.79 Å². The minimum Gasteiger partial charge on any atom is -0.360 e. The average molecular weight is 349 g/mol. The fourth-order valence-corrected chi connectivity index (χ4v) is 3.36. The Morgan fingerprint density at radius 1 is 1.28 bits per heavy atom. The third-order valence-electron chi connectivity index (χ3n) is 4.16. The highest BCUT2D eigenvalue weighted by Gasteiger charge is 2.24. The minimum atomic E-state index is -0.261. The fourth-order valence-electron chi connectivity index (χ4n) is 2.90. The Labute approximate surface area is 152 Å². The molecule has 2 aromatic rings. The van der Waals surface area contributed by atoms with Crippen LogP contribution in [0.3, 0.4) is 0 Å². The number of benzene rings is 2. The molecule has 1 amide bonds. The van der Waals surface area contributed by atoms with Gasteiger partial charge in [0.1, 0.15) is 11.6 Å². The molecule has 0 aromatic heterocycles. The monoisotopic (exact) mass is 349 g/mol. The zero-order chi connectivity index (χ0) is 17.6. The summed E-state index contributed by atoms with van der Waals surface area (Å²) in [6.07, 6.45) is 5.38. The summed E-state index contributed by atoms with van der Waals surface area (Å²) >= 11 is 1.64. The van der Waals surface area contributed by atoms with E-state index in [0.29, 0.717) is 6.54 Å². The number of thioether (sulfide) groups is 1. The predicted octanol–water partition coefficient (Wildman–Crippen LogP) is 4.21. The molecule has 0 atom stereocenters. The van der Waals surface area contributed by atoms with Gasteiger partial charge in [-0.3, -0.25) is 4.79 Å². The van der Waals surface area contributed by atoms with Gasteiger partial charge in [0.15, 0.2) is 0 Å². The highest BCUT2D eigenvalue weighted by Crippen LogP contribution is 2.28. The summed E-state index contributed by atoms with van der Waals surface area (Å²) in [5, 5.41) is 12.5. The number of para-hydroxylation sites is 1. The summed E-state index contributed by atoms with van der Waals surface area (Å²) in [6, 6.07) is 17.8. The van der Waals surface area contributed by atoms with E-state index in [1.54, 1.807) is 16.7 Å². The molecule has 5 heteroatoms. The summed E-state index contributed by atoms with van der Waals surface area (Å²) in [5.74, 6) is -0.261. The van der Waals surface area contributed by atoms with Crippen LogP contribution in [0.25, 0.3) is 0 Å². The minimum absolute atomic E-state index is 0.103. The maximum Gasteiger partial charge on any atom is 0.270 e. The Balaban J connectivity index is 1.81. The van der Waals surface area contributed by atoms with Gasteiger partial charge in [0.25, 0.3) is 5.91 Å². The SMILES string of the molecule is CSc1cccc(N/C=C(/C#N)C(=O)N2CCCc3ccccc32)c1. The molecule has 1 aliphatic heterocycles. The number of nitrogens with one attached hydrogen (secondary N) is 1. The van der Waals surface area contributed by atoms with Crippen molar-refractivity contribution in [1.82, 2.24) is 0 Å². The number of amides is 1. The molecule has 0 unspecified atom stereocenters. The Kier molecular flexibility index (Phi) is 5.42. The molecule has 4 nitrogen and oxygen atoms in total. The van der Waals surface area contributed by atoms with Crippen LogP contribution >= 0.6 is 11.8 Å². The largest absolute Gasteiger partial charge is 0.360 e. The van der Waals surface area contributed by atoms with Crippen LogP contribution < -0.4 is 10.2 Å². The second kappa shape index (κ2) is 7.91. The van der Waals surface area contributed by atoms with Gasteiger partial charge in [0, 0.05) is 29.0 Å². The summed E-state index contributed by atoms with van der Waals surface area (Å²) in [6.45, 7) is 0.636. The predicted molar refractivity (Wildman–Crippen MR) is 103 cm³/mol. The number of nitriles is 1. The summed E-state index contributed by atoms with van der Waals surface area (Å²) < 4.78 is 0. The lowest BCUT2D eigenvalue weighted by Gasteiger charge is -2.29. The maximum absolute atomic E-state index is 12.8. The summed E-state index contributed by atoms with van der Waals surface area (Å²) in [7, 11) is 0. The molecule has 0 saturated heterocycles. The van der Waals surface area contributed by atoms with Crippen LogP contribution in [0.2, 0.25) is 0 Å². The lowest BCUT2D eigenvalue weighted by atomic mass is 10.0. The first-order valence-electron chi connectivity index (χ1n) is 8.13. The molecule has 2 aromatic carbocycles. The van der Waals surface area contributed by atoms with Crippen molar-refractivity contribution in [3.8, 4) is 6.07 Å². The van der Waals surface area contributed by atoms with Crippen LogP contribution in [0.5, 0.6) is 0 Å². The highest BCUT2D eigenvalue weighted by atomic mass is 32.2. The second-order valence-electron chi connectivity index (χ2n) is 5.74. The Morgan fingerprint density at radius 2 is 2.12 bits per heavy atom. The molecule has 0 bridgehead atoms. The lowest BCUT2D eigenvalue weighted by molar-refractivity contribution is -0.114. The number of carbonyl (C=O) groups is 1. The topological polar surface area (TPSA) is 56.1 Å². The molecule has 0 fully saturated rings. The molecule has 1 aliphatic rings. The molecular formula is C20H19N3OS. The normalized spacial score (nSPS) is 13.8. The molecule has 25 heavy (non-hydrogen) atoms. The number of anilines is 2. The number of rotatable bonds is 4. The Hall–Kier alpha value is -2.71. The summed E-state index contributed by atoms with van der Waals surface area (Å²) in [5.41, 5.74) is 3.02. The van der Waals surface area contributed by atoms with Crippen LogP contribution in [-0.4, -0.2) is 18.7 Å². The Morgan fingerprint density at radius 3 is 2.92 bits per heavy atom. The average Bonchev–Trinajstić information content (AvgIpc) is 2.68. The van der Waals surface area contributed by atoms with Crippen molar-refractivity contribution in [2.24, 2.45) is 0 Å². The van der Waals surface area contributed by atoms with Gasteiger partial charge >= 0.3 is 0 Å². The first kappa shape index (κ1) is 17.1. The molecule has 0 aliphatic carbocycles. The molecule has 1 heterocycles. The van der Waals surface area contributed by atoms with Gasteiger partial charge in [-0.05, 0) is 48.9 Å². The number of hydrogen-bond acceptors (Lipinski definition) is 4. The first-order chi connectivity index (χ1) is 12.2. The van der Waals surface area contributed by atoms with E-state index in [1.165, 1.54) is 6.20 Å². The molecule has 0 saturated carbocycles. The lowest BCUT2D eigenvalue weighted by Crippen LogP contribution is -2.36. The second-order valence-corrected chi connectivity index (χ2v) is 6.61. The highest BCUT2D eigenvalue weighted by molar-refractivity contribution is 7.98. The molecule has 3 rings (SSSR count). The van der Waals surface area contributed by atoms with E-state index in [0.717, 1.165) is 34.7 Å². The van der Waals surface area contributed by atoms with Crippen LogP contribution in [0.15, 0.2) is 65.2 Å². The zero-order valence-corrected chi connectivity index (χ0v) is 14.8. The van der Waals surface area contributed by atoms with Crippen molar-refractivity contribution in [3.05, 3.63) is 65.9 Å². The van der Waals surface area contributed by atoms with E-state index in [4.69, 9.17) is 0 Å². The van der Waals surface area contributed by atoms with Gasteiger partial charge in [0.2, 0.25) is 0 Å². The quantitative estimate of drug-likeness (QED) is 0.510. The smallest absolute Gasteiger partial charge is 0.270 e. The number of nitrogens with zero attached hydrogens (tertiary/aromatic N) is 2. The molecule has 126 valence electrons. The van der Waals surface area contributed by atoms with E-state index in [2.05, 4.69) is 5.32 Å². The zero-order valence-electron chi connectivity index (χ0n) is 14.0. The van der Waals surface area contributed by atoms with Gasteiger partial charge in [-0.15, -0.1) is 11.8 Å². The van der Waals surface area contributed by atoms with E-state index in [-0.39, 0.29) is 11.5 Å². The molecule has 0 spiro atoms. The number of aryl methyl sites for hydroxylation is 1. The number of fused-ring (bicyclic) bond motifs is 1. The van der Waals surface area contributed by atoms with Crippen molar-refractivity contribution in [1.29, 1.82) is 5.26 Å². The van der Waals surface area contributed by atoms with Gasteiger partial charge < -0.3 is 10.2 Å². The van der Waals surface area contributed by atoms with Crippen molar-refractivity contribution >= 4 is 29.0 Å². The fraction of sp³-hybridized carbons (Fsp3) is 0.200. The van der Waals surface area contributed by atoms with E-state index < -0.39 is 0 Å². The van der Waals surface area contributed by atoms with Gasteiger partial charge in [-0.25, -0.2) is 0 Å². The van der Waals surface area contributed by atoms with E-state index in [1.807, 2.05) is 60.9 Å². The third kappa shape index (κ3) is 3.86. The maximum atomic E-state index is 12.8. The molecular weight excluding hydrogens is 330 g/mol. The number of carbonyl (C=O) groups excluding carboxylic acids is 1. The van der Waals surface area contributed by atoms with Crippen LogP contribution in [0.4, 0.5) is 11.4 Å². The summed E-state index contributed by atoms with van der Waals surface area (Å²) in [4.78, 5) is 15.6. The van der Waals surface area contributed by atoms with Gasteiger partial charge in [0.05, 0.1) is 0 Å². The van der Waals surface area contributed by atoms with Gasteiger partial charge in [-0.1, -0.05) is 24.3 Å². The molecule has 0 radical (unpaired) electrons. The van der Waals surface area contributed by atoms with Crippen LogP contribution in [0.1, 0.15) is 12.0 Å². The van der Waals surface area contributed by atoms with Crippen LogP contribution in [0, 0.1) is 11.3 Å². The van der Waals surface area contributed by atoms with Crippen molar-refractivity contribution in [2.75, 3.05) is 23.0 Å². The molecule has 1 N–H and O–H groups in total.